The second-order valence-electron chi connectivity index (χ2n) is 7.55. The van der Waals surface area contributed by atoms with Crippen LogP contribution in [0, 0.1) is 0 Å². The number of carbonyl (C=O) groups excluding carboxylic acids is 1. The number of para-hydroxylation sites is 1. The Morgan fingerprint density at radius 2 is 2.00 bits per heavy atom. The Hall–Kier alpha value is -3.51. The summed E-state index contributed by atoms with van der Waals surface area (Å²) in [7, 11) is 0. The van der Waals surface area contributed by atoms with Crippen LogP contribution >= 0.6 is 0 Å². The van der Waals surface area contributed by atoms with Crippen molar-refractivity contribution in [3.8, 4) is 11.1 Å². The van der Waals surface area contributed by atoms with E-state index in [1.54, 1.807) is 6.20 Å². The molecular formula is C24H22N4O2. The quantitative estimate of drug-likeness (QED) is 0.536. The first kappa shape index (κ1) is 18.5. The van der Waals surface area contributed by atoms with Gasteiger partial charge in [-0.2, -0.15) is 0 Å². The molecule has 1 atom stereocenters. The lowest BCUT2D eigenvalue weighted by Crippen LogP contribution is -2.39. The van der Waals surface area contributed by atoms with Crippen molar-refractivity contribution >= 4 is 22.7 Å². The van der Waals surface area contributed by atoms with E-state index < -0.39 is 0 Å². The number of likely N-dealkylation sites (tertiary alicyclic amines) is 1. The van der Waals surface area contributed by atoms with Crippen molar-refractivity contribution in [2.75, 3.05) is 11.9 Å². The first-order valence-corrected chi connectivity index (χ1v) is 10.1. The topological polar surface area (TPSA) is 71.3 Å². The first-order valence-electron chi connectivity index (χ1n) is 10.1. The third kappa shape index (κ3) is 3.69. The fraction of sp³-hybridized carbons (Fsp3) is 0.208. The minimum Gasteiger partial charge on any atom is -0.443 e. The molecule has 2 aromatic carbocycles. The predicted molar refractivity (Wildman–Crippen MR) is 116 cm³/mol. The summed E-state index contributed by atoms with van der Waals surface area (Å²) in [5.41, 5.74) is 5.64. The summed E-state index contributed by atoms with van der Waals surface area (Å²) in [6.07, 6.45) is 6.92. The Labute approximate surface area is 174 Å². The maximum Gasteiger partial charge on any atom is 0.241 e. The molecule has 1 aliphatic heterocycles. The molecule has 0 spiro atoms. The molecule has 1 N–H and O–H groups in total. The Morgan fingerprint density at radius 1 is 1.10 bits per heavy atom. The molecular weight excluding hydrogens is 376 g/mol. The number of benzene rings is 2. The first-order chi connectivity index (χ1) is 14.8. The molecule has 1 fully saturated rings. The van der Waals surface area contributed by atoms with Gasteiger partial charge in [-0.1, -0.05) is 30.3 Å². The molecule has 30 heavy (non-hydrogen) atoms. The van der Waals surface area contributed by atoms with Crippen molar-refractivity contribution in [1.82, 2.24) is 14.9 Å². The van der Waals surface area contributed by atoms with Crippen LogP contribution in [0.5, 0.6) is 0 Å². The van der Waals surface area contributed by atoms with Crippen LogP contribution in [0.3, 0.4) is 0 Å². The summed E-state index contributed by atoms with van der Waals surface area (Å²) < 4.78 is 5.56. The molecule has 2 aromatic heterocycles. The summed E-state index contributed by atoms with van der Waals surface area (Å²) in [5.74, 6) is 0.0337. The van der Waals surface area contributed by atoms with Crippen LogP contribution in [0.2, 0.25) is 0 Å². The lowest BCUT2D eigenvalue weighted by molar-refractivity contribution is -0.120. The normalized spacial score (nSPS) is 16.7. The van der Waals surface area contributed by atoms with E-state index in [1.807, 2.05) is 60.8 Å². The fourth-order valence-electron chi connectivity index (χ4n) is 4.11. The molecule has 1 amide bonds. The van der Waals surface area contributed by atoms with Crippen LogP contribution in [-0.4, -0.2) is 33.4 Å². The lowest BCUT2D eigenvalue weighted by Gasteiger charge is -2.23. The maximum atomic E-state index is 13.0. The number of hydrogen-bond acceptors (Lipinski definition) is 5. The number of oxazole rings is 1. The third-order valence-electron chi connectivity index (χ3n) is 5.63. The molecule has 0 saturated carbocycles. The van der Waals surface area contributed by atoms with Crippen molar-refractivity contribution in [3.63, 3.8) is 0 Å². The summed E-state index contributed by atoms with van der Waals surface area (Å²) >= 11 is 0. The average molecular weight is 398 g/mol. The van der Waals surface area contributed by atoms with Gasteiger partial charge >= 0.3 is 0 Å². The highest BCUT2D eigenvalue weighted by Gasteiger charge is 2.31. The highest BCUT2D eigenvalue weighted by molar-refractivity contribution is 5.95. The summed E-state index contributed by atoms with van der Waals surface area (Å²) in [6, 6.07) is 17.6. The van der Waals surface area contributed by atoms with E-state index >= 15 is 0 Å². The second kappa shape index (κ2) is 8.08. The van der Waals surface area contributed by atoms with Gasteiger partial charge in [0.1, 0.15) is 5.52 Å². The van der Waals surface area contributed by atoms with Crippen LogP contribution in [0.15, 0.2) is 77.8 Å². The van der Waals surface area contributed by atoms with Crippen molar-refractivity contribution < 1.29 is 9.21 Å². The Balaban J connectivity index is 1.28. The summed E-state index contributed by atoms with van der Waals surface area (Å²) in [4.78, 5) is 23.6. The molecule has 5 rings (SSSR count). The molecule has 1 aliphatic rings. The fourth-order valence-corrected chi connectivity index (χ4v) is 4.11. The van der Waals surface area contributed by atoms with Gasteiger partial charge in [0.15, 0.2) is 12.0 Å². The standard InChI is InChI=1S/C24H22N4O2/c29-24(27-20-10-8-17(9-11-20)18-5-2-12-25-14-18)22-7-3-13-28(22)15-19-4-1-6-21-23(19)30-16-26-21/h1-2,4-6,8-12,14,16,22H,3,7,13,15H2,(H,27,29)/t22-/m1/s1. The highest BCUT2D eigenvalue weighted by Crippen LogP contribution is 2.26. The molecule has 1 saturated heterocycles. The van der Waals surface area contributed by atoms with E-state index in [-0.39, 0.29) is 11.9 Å². The third-order valence-corrected chi connectivity index (χ3v) is 5.63. The van der Waals surface area contributed by atoms with Gasteiger partial charge in [-0.05, 0) is 54.8 Å². The van der Waals surface area contributed by atoms with E-state index in [2.05, 4.69) is 20.2 Å². The second-order valence-corrected chi connectivity index (χ2v) is 7.55. The predicted octanol–water partition coefficient (Wildman–Crippen LogP) is 4.49. The zero-order valence-corrected chi connectivity index (χ0v) is 16.5. The van der Waals surface area contributed by atoms with Gasteiger partial charge < -0.3 is 9.73 Å². The van der Waals surface area contributed by atoms with E-state index in [0.29, 0.717) is 6.54 Å². The number of aromatic nitrogens is 2. The monoisotopic (exact) mass is 398 g/mol. The molecule has 0 aliphatic carbocycles. The van der Waals surface area contributed by atoms with Crippen molar-refractivity contribution in [2.45, 2.75) is 25.4 Å². The Morgan fingerprint density at radius 3 is 2.83 bits per heavy atom. The number of fused-ring (bicyclic) bond motifs is 1. The molecule has 0 bridgehead atoms. The van der Waals surface area contributed by atoms with Crippen LogP contribution < -0.4 is 5.32 Å². The van der Waals surface area contributed by atoms with Crippen molar-refractivity contribution in [3.05, 3.63) is 78.9 Å². The average Bonchev–Trinajstić information content (AvgIpc) is 3.45. The minimum absolute atomic E-state index is 0.0337. The maximum absolute atomic E-state index is 13.0. The number of anilines is 1. The van der Waals surface area contributed by atoms with Gasteiger partial charge in [0, 0.05) is 30.2 Å². The highest BCUT2D eigenvalue weighted by atomic mass is 16.3. The van der Waals surface area contributed by atoms with Crippen molar-refractivity contribution in [2.24, 2.45) is 0 Å². The molecule has 6 nitrogen and oxygen atoms in total. The number of amides is 1. The zero-order valence-electron chi connectivity index (χ0n) is 16.5. The lowest BCUT2D eigenvalue weighted by atomic mass is 10.1. The minimum atomic E-state index is -0.152. The molecule has 3 heterocycles. The number of rotatable bonds is 5. The van der Waals surface area contributed by atoms with Gasteiger partial charge in [-0.15, -0.1) is 0 Å². The molecule has 4 aromatic rings. The number of pyridine rings is 1. The Kier molecular flexibility index (Phi) is 4.99. The van der Waals surface area contributed by atoms with Crippen LogP contribution in [0.1, 0.15) is 18.4 Å². The van der Waals surface area contributed by atoms with Gasteiger partial charge in [-0.3, -0.25) is 14.7 Å². The molecule has 150 valence electrons. The summed E-state index contributed by atoms with van der Waals surface area (Å²) in [5, 5.41) is 3.08. The molecule has 0 radical (unpaired) electrons. The smallest absolute Gasteiger partial charge is 0.241 e. The molecule has 0 unspecified atom stereocenters. The van der Waals surface area contributed by atoms with E-state index in [0.717, 1.165) is 52.9 Å². The summed E-state index contributed by atoms with van der Waals surface area (Å²) in [6.45, 7) is 1.56. The van der Waals surface area contributed by atoms with Gasteiger partial charge in [0.05, 0.1) is 6.04 Å². The van der Waals surface area contributed by atoms with Crippen LogP contribution in [0.25, 0.3) is 22.2 Å². The molecule has 6 heteroatoms. The van der Waals surface area contributed by atoms with Crippen LogP contribution in [0.4, 0.5) is 5.69 Å². The van der Waals surface area contributed by atoms with Gasteiger partial charge in [-0.25, -0.2) is 4.98 Å². The van der Waals surface area contributed by atoms with Crippen molar-refractivity contribution in [1.29, 1.82) is 0 Å². The number of carbonyl (C=O) groups is 1. The number of hydrogen-bond donors (Lipinski definition) is 1. The largest absolute Gasteiger partial charge is 0.443 e. The van der Waals surface area contributed by atoms with E-state index in [9.17, 15) is 4.79 Å². The van der Waals surface area contributed by atoms with E-state index in [4.69, 9.17) is 4.42 Å². The number of nitrogens with one attached hydrogen (secondary N) is 1. The number of nitrogens with zero attached hydrogens (tertiary/aromatic N) is 3. The van der Waals surface area contributed by atoms with Gasteiger partial charge in [0.25, 0.3) is 0 Å². The van der Waals surface area contributed by atoms with Crippen LogP contribution in [-0.2, 0) is 11.3 Å². The zero-order chi connectivity index (χ0) is 20.3. The SMILES string of the molecule is O=C(Nc1ccc(-c2cccnc2)cc1)[C@H]1CCCN1Cc1cccc2ncoc12. The van der Waals surface area contributed by atoms with Gasteiger partial charge in [0.2, 0.25) is 5.91 Å². The van der Waals surface area contributed by atoms with E-state index in [1.165, 1.54) is 6.39 Å². The Bertz CT molecular complexity index is 1150.